The number of nitrogen functional groups attached to an aromatic ring is 1. The predicted octanol–water partition coefficient (Wildman–Crippen LogP) is 1.69. The van der Waals surface area contributed by atoms with Crippen LogP contribution in [0.1, 0.15) is 24.8 Å². The molecule has 1 unspecified atom stereocenters. The van der Waals surface area contributed by atoms with Crippen molar-refractivity contribution in [2.75, 3.05) is 23.8 Å². The smallest absolute Gasteiger partial charge is 0.0670 e. The number of anilines is 2. The van der Waals surface area contributed by atoms with Gasteiger partial charge in [0.15, 0.2) is 0 Å². The van der Waals surface area contributed by atoms with E-state index in [1.165, 1.54) is 6.42 Å². The summed E-state index contributed by atoms with van der Waals surface area (Å²) in [4.78, 5) is 2.23. The van der Waals surface area contributed by atoms with E-state index in [4.69, 9.17) is 11.0 Å². The molecule has 4 nitrogen and oxygen atoms in total. The van der Waals surface area contributed by atoms with Crippen LogP contribution in [0.5, 0.6) is 0 Å². The number of hydrogen-bond donors (Lipinski definition) is 2. The van der Waals surface area contributed by atoms with E-state index in [2.05, 4.69) is 11.0 Å². The molecule has 96 valence electrons. The van der Waals surface area contributed by atoms with E-state index in [1.807, 2.05) is 18.2 Å². The first-order valence-electron chi connectivity index (χ1n) is 6.39. The van der Waals surface area contributed by atoms with Crippen LogP contribution in [0.3, 0.4) is 0 Å². The third-order valence-corrected chi connectivity index (χ3v) is 3.57. The Balaban J connectivity index is 2.26. The number of nitrogens with two attached hydrogens (primary N) is 1. The number of aliphatic hydroxyl groups excluding tert-OH is 1. The minimum absolute atomic E-state index is 0.179. The van der Waals surface area contributed by atoms with Crippen LogP contribution in [0, 0.1) is 11.3 Å². The van der Waals surface area contributed by atoms with Crippen LogP contribution in [-0.2, 0) is 6.42 Å². The second-order valence-corrected chi connectivity index (χ2v) is 4.74. The van der Waals surface area contributed by atoms with Gasteiger partial charge in [0.2, 0.25) is 0 Å². The second-order valence-electron chi connectivity index (χ2n) is 4.74. The molecule has 1 aromatic carbocycles. The van der Waals surface area contributed by atoms with E-state index >= 15 is 0 Å². The molecule has 3 N–H and O–H groups in total. The fourth-order valence-electron chi connectivity index (χ4n) is 2.54. The van der Waals surface area contributed by atoms with Crippen LogP contribution in [-0.4, -0.2) is 24.3 Å². The minimum Gasteiger partial charge on any atom is -0.398 e. The van der Waals surface area contributed by atoms with E-state index in [1.54, 1.807) is 0 Å². The lowest BCUT2D eigenvalue weighted by Gasteiger charge is -2.36. The Hall–Kier alpha value is -1.73. The van der Waals surface area contributed by atoms with Crippen molar-refractivity contribution in [1.82, 2.24) is 0 Å². The lowest BCUT2D eigenvalue weighted by Crippen LogP contribution is -2.41. The fraction of sp³-hybridized carbons (Fsp3) is 0.500. The van der Waals surface area contributed by atoms with Gasteiger partial charge < -0.3 is 15.7 Å². The van der Waals surface area contributed by atoms with Crippen molar-refractivity contribution in [3.8, 4) is 6.07 Å². The zero-order valence-electron chi connectivity index (χ0n) is 10.5. The van der Waals surface area contributed by atoms with Crippen LogP contribution < -0.4 is 10.6 Å². The molecule has 0 spiro atoms. The molecule has 0 aromatic heterocycles. The molecule has 0 saturated carbocycles. The van der Waals surface area contributed by atoms with Crippen LogP contribution in [0.15, 0.2) is 18.2 Å². The molecule has 0 radical (unpaired) electrons. The maximum absolute atomic E-state index is 9.43. The van der Waals surface area contributed by atoms with Gasteiger partial charge >= 0.3 is 0 Å². The first-order chi connectivity index (χ1) is 8.76. The molecule has 1 fully saturated rings. The summed E-state index contributed by atoms with van der Waals surface area (Å²) < 4.78 is 0. The second kappa shape index (κ2) is 5.74. The summed E-state index contributed by atoms with van der Waals surface area (Å²) in [6.07, 6.45) is 3.67. The number of hydrogen-bond acceptors (Lipinski definition) is 4. The standard InChI is InChI=1S/C14H19N3O/c15-7-6-11-9-12(4-5-14(11)16)17-8-2-1-3-13(17)10-18/h4-5,9,13,18H,1-3,6,8,10,16H2. The molecule has 18 heavy (non-hydrogen) atoms. The van der Waals surface area contributed by atoms with Gasteiger partial charge in [-0.3, -0.25) is 0 Å². The lowest BCUT2D eigenvalue weighted by molar-refractivity contribution is 0.240. The van der Waals surface area contributed by atoms with Gasteiger partial charge in [0.25, 0.3) is 0 Å². The fourth-order valence-corrected chi connectivity index (χ4v) is 2.54. The summed E-state index contributed by atoms with van der Waals surface area (Å²) in [6, 6.07) is 8.13. The Morgan fingerprint density at radius 2 is 2.28 bits per heavy atom. The molecule has 0 aliphatic carbocycles. The molecule has 1 aliphatic rings. The summed E-state index contributed by atoms with van der Waals surface area (Å²) >= 11 is 0. The summed E-state index contributed by atoms with van der Waals surface area (Å²) in [5, 5.41) is 18.2. The molecule has 1 atom stereocenters. The third kappa shape index (κ3) is 2.57. The van der Waals surface area contributed by atoms with Crippen molar-refractivity contribution in [2.45, 2.75) is 31.7 Å². The summed E-state index contributed by atoms with van der Waals surface area (Å²) in [5.41, 5.74) is 8.45. The molecule has 4 heteroatoms. The Kier molecular flexibility index (Phi) is 4.06. The monoisotopic (exact) mass is 245 g/mol. The Morgan fingerprint density at radius 3 is 3.00 bits per heavy atom. The number of nitriles is 1. The highest BCUT2D eigenvalue weighted by Crippen LogP contribution is 2.27. The first-order valence-corrected chi connectivity index (χ1v) is 6.39. The third-order valence-electron chi connectivity index (χ3n) is 3.57. The zero-order valence-corrected chi connectivity index (χ0v) is 10.5. The Bertz CT molecular complexity index is 453. The highest BCUT2D eigenvalue weighted by molar-refractivity contribution is 5.59. The van der Waals surface area contributed by atoms with E-state index < -0.39 is 0 Å². The zero-order chi connectivity index (χ0) is 13.0. The van der Waals surface area contributed by atoms with E-state index in [0.29, 0.717) is 12.1 Å². The van der Waals surface area contributed by atoms with Crippen molar-refractivity contribution >= 4 is 11.4 Å². The van der Waals surface area contributed by atoms with Crippen LogP contribution in [0.25, 0.3) is 0 Å². The average molecular weight is 245 g/mol. The van der Waals surface area contributed by atoms with E-state index in [0.717, 1.165) is 30.6 Å². The van der Waals surface area contributed by atoms with E-state index in [9.17, 15) is 5.11 Å². The van der Waals surface area contributed by atoms with Gasteiger partial charge in [0.05, 0.1) is 25.1 Å². The maximum Gasteiger partial charge on any atom is 0.0670 e. The number of rotatable bonds is 3. The molecule has 1 heterocycles. The van der Waals surface area contributed by atoms with Gasteiger partial charge in [-0.1, -0.05) is 0 Å². The lowest BCUT2D eigenvalue weighted by atomic mass is 10.0. The normalized spacial score (nSPS) is 19.6. The SMILES string of the molecule is N#CCc1cc(N2CCCCC2CO)ccc1N. The van der Waals surface area contributed by atoms with E-state index in [-0.39, 0.29) is 12.6 Å². The van der Waals surface area contributed by atoms with Crippen molar-refractivity contribution < 1.29 is 5.11 Å². The quantitative estimate of drug-likeness (QED) is 0.795. The highest BCUT2D eigenvalue weighted by atomic mass is 16.3. The number of nitrogens with zero attached hydrogens (tertiary/aromatic N) is 2. The molecule has 0 amide bonds. The van der Waals surface area contributed by atoms with Gasteiger partial charge in [0.1, 0.15) is 0 Å². The number of piperidine rings is 1. The van der Waals surface area contributed by atoms with Gasteiger partial charge in [0, 0.05) is 17.9 Å². The maximum atomic E-state index is 9.43. The first kappa shape index (κ1) is 12.7. The van der Waals surface area contributed by atoms with Crippen LogP contribution in [0.2, 0.25) is 0 Å². The molecular weight excluding hydrogens is 226 g/mol. The van der Waals surface area contributed by atoms with Gasteiger partial charge in [-0.2, -0.15) is 5.26 Å². The van der Waals surface area contributed by atoms with Gasteiger partial charge in [-0.05, 0) is 43.0 Å². The van der Waals surface area contributed by atoms with Crippen molar-refractivity contribution in [3.05, 3.63) is 23.8 Å². The minimum atomic E-state index is 0.179. The summed E-state index contributed by atoms with van der Waals surface area (Å²) in [6.45, 7) is 1.14. The highest BCUT2D eigenvalue weighted by Gasteiger charge is 2.22. The van der Waals surface area contributed by atoms with Crippen molar-refractivity contribution in [2.24, 2.45) is 0 Å². The van der Waals surface area contributed by atoms with Crippen LogP contribution in [0.4, 0.5) is 11.4 Å². The summed E-state index contributed by atoms with van der Waals surface area (Å²) in [5.74, 6) is 0. The molecule has 1 aromatic rings. The number of benzene rings is 1. The predicted molar refractivity (Wildman–Crippen MR) is 72.2 cm³/mol. The average Bonchev–Trinajstić information content (AvgIpc) is 2.41. The van der Waals surface area contributed by atoms with Crippen molar-refractivity contribution in [1.29, 1.82) is 5.26 Å². The molecule has 2 rings (SSSR count). The molecule has 1 saturated heterocycles. The summed E-state index contributed by atoms with van der Waals surface area (Å²) in [7, 11) is 0. The Morgan fingerprint density at radius 1 is 1.44 bits per heavy atom. The van der Waals surface area contributed by atoms with Gasteiger partial charge in [-0.25, -0.2) is 0 Å². The Labute approximate surface area is 108 Å². The molecule has 0 bridgehead atoms. The van der Waals surface area contributed by atoms with Gasteiger partial charge in [-0.15, -0.1) is 0 Å². The number of aliphatic hydroxyl groups is 1. The topological polar surface area (TPSA) is 73.3 Å². The molecular formula is C14H19N3O. The largest absolute Gasteiger partial charge is 0.398 e. The van der Waals surface area contributed by atoms with Crippen molar-refractivity contribution in [3.63, 3.8) is 0 Å². The van der Waals surface area contributed by atoms with Crippen LogP contribution >= 0.6 is 0 Å². The molecule has 1 aliphatic heterocycles.